The second kappa shape index (κ2) is 6.36. The molecular weight excluding hydrogens is 244 g/mol. The van der Waals surface area contributed by atoms with Crippen molar-refractivity contribution in [3.63, 3.8) is 0 Å². The Morgan fingerprint density at radius 3 is 2.37 bits per heavy atom. The normalized spacial score (nSPS) is 12.3. The van der Waals surface area contributed by atoms with Crippen LogP contribution in [0.2, 0.25) is 0 Å². The molecule has 0 heterocycles. The van der Waals surface area contributed by atoms with Crippen LogP contribution in [0, 0.1) is 5.92 Å². The Bertz CT molecular complexity index is 477. The smallest absolute Gasteiger partial charge is 0.304 e. The monoisotopic (exact) mass is 264 g/mol. The van der Waals surface area contributed by atoms with Gasteiger partial charge in [0, 0.05) is 5.92 Å². The maximum atomic E-state index is 12.3. The molecule has 0 aromatic heterocycles. The first-order chi connectivity index (χ1) is 8.86. The van der Waals surface area contributed by atoms with Crippen molar-refractivity contribution < 1.29 is 19.4 Å². The largest absolute Gasteiger partial charge is 0.496 e. The molecule has 0 radical (unpaired) electrons. The number of hydrogen-bond acceptors (Lipinski definition) is 3. The van der Waals surface area contributed by atoms with Gasteiger partial charge < -0.3 is 9.84 Å². The topological polar surface area (TPSA) is 63.6 Å². The molecule has 0 saturated carbocycles. The second-order valence-corrected chi connectivity index (χ2v) is 4.98. The van der Waals surface area contributed by atoms with E-state index < -0.39 is 11.9 Å². The van der Waals surface area contributed by atoms with E-state index in [1.807, 2.05) is 19.9 Å². The number of aliphatic carboxylic acids is 1. The molecule has 19 heavy (non-hydrogen) atoms. The zero-order valence-corrected chi connectivity index (χ0v) is 11.8. The third-order valence-corrected chi connectivity index (χ3v) is 3.08. The van der Waals surface area contributed by atoms with Crippen molar-refractivity contribution in [3.8, 4) is 5.75 Å². The zero-order valence-electron chi connectivity index (χ0n) is 11.8. The van der Waals surface area contributed by atoms with Crippen LogP contribution >= 0.6 is 0 Å². The summed E-state index contributed by atoms with van der Waals surface area (Å²) in [6.07, 6.45) is -0.173. The van der Waals surface area contributed by atoms with E-state index in [0.29, 0.717) is 17.2 Å². The quantitative estimate of drug-likeness (QED) is 0.802. The number of ether oxygens (including phenoxy) is 1. The molecule has 1 atom stereocenters. The lowest BCUT2D eigenvalue weighted by molar-refractivity contribution is -0.137. The molecule has 0 spiro atoms. The van der Waals surface area contributed by atoms with Crippen LogP contribution in [0.3, 0.4) is 0 Å². The van der Waals surface area contributed by atoms with Crippen molar-refractivity contribution in [2.75, 3.05) is 7.11 Å². The lowest BCUT2D eigenvalue weighted by atomic mass is 9.92. The van der Waals surface area contributed by atoms with Gasteiger partial charge in [-0.3, -0.25) is 9.59 Å². The predicted molar refractivity (Wildman–Crippen MR) is 72.8 cm³/mol. The standard InChI is InChI=1S/C15H20O4/c1-9(2)11-5-6-13(19-4)12(8-11)15(18)10(3)7-14(16)17/h5-6,8-10H,7H2,1-4H3,(H,16,17). The van der Waals surface area contributed by atoms with E-state index in [-0.39, 0.29) is 12.2 Å². The minimum atomic E-state index is -0.972. The minimum Gasteiger partial charge on any atom is -0.496 e. The number of Topliss-reactive ketones (excluding diaryl/α,β-unsaturated/α-hetero) is 1. The highest BCUT2D eigenvalue weighted by molar-refractivity contribution is 6.01. The summed E-state index contributed by atoms with van der Waals surface area (Å²) in [6.45, 7) is 5.70. The first kappa shape index (κ1) is 15.2. The van der Waals surface area contributed by atoms with E-state index in [0.717, 1.165) is 5.56 Å². The van der Waals surface area contributed by atoms with Gasteiger partial charge in [0.2, 0.25) is 0 Å². The van der Waals surface area contributed by atoms with Gasteiger partial charge in [-0.25, -0.2) is 0 Å². The average Bonchev–Trinajstić information content (AvgIpc) is 2.36. The van der Waals surface area contributed by atoms with Crippen molar-refractivity contribution in [2.45, 2.75) is 33.1 Å². The molecular formula is C15H20O4. The molecule has 1 rings (SSSR count). The molecule has 0 amide bonds. The highest BCUT2D eigenvalue weighted by Crippen LogP contribution is 2.27. The molecule has 1 N–H and O–H groups in total. The molecule has 1 unspecified atom stereocenters. The van der Waals surface area contributed by atoms with Crippen molar-refractivity contribution in [1.29, 1.82) is 0 Å². The number of benzene rings is 1. The Hall–Kier alpha value is -1.84. The lowest BCUT2D eigenvalue weighted by Gasteiger charge is -2.14. The number of carboxylic acid groups (broad SMARTS) is 1. The van der Waals surface area contributed by atoms with Gasteiger partial charge in [-0.05, 0) is 23.6 Å². The maximum absolute atomic E-state index is 12.3. The van der Waals surface area contributed by atoms with Gasteiger partial charge in [-0.1, -0.05) is 26.8 Å². The van der Waals surface area contributed by atoms with E-state index in [1.165, 1.54) is 7.11 Å². The van der Waals surface area contributed by atoms with Crippen LogP contribution in [-0.4, -0.2) is 24.0 Å². The molecule has 0 fully saturated rings. The number of ketones is 1. The van der Waals surface area contributed by atoms with Crippen LogP contribution < -0.4 is 4.74 Å². The highest BCUT2D eigenvalue weighted by atomic mass is 16.5. The summed E-state index contributed by atoms with van der Waals surface area (Å²) in [4.78, 5) is 23.0. The number of carbonyl (C=O) groups is 2. The Balaban J connectivity index is 3.12. The van der Waals surface area contributed by atoms with Gasteiger partial charge in [0.15, 0.2) is 5.78 Å². The molecule has 4 heteroatoms. The fraction of sp³-hybridized carbons (Fsp3) is 0.467. The summed E-state index contributed by atoms with van der Waals surface area (Å²) in [6, 6.07) is 5.47. The number of rotatable bonds is 6. The Morgan fingerprint density at radius 2 is 1.89 bits per heavy atom. The van der Waals surface area contributed by atoms with Gasteiger partial charge in [-0.2, -0.15) is 0 Å². The fourth-order valence-corrected chi connectivity index (χ4v) is 1.90. The molecule has 4 nitrogen and oxygen atoms in total. The maximum Gasteiger partial charge on any atom is 0.304 e. The predicted octanol–water partition coefficient (Wildman–Crippen LogP) is 3.11. The van der Waals surface area contributed by atoms with Crippen molar-refractivity contribution in [3.05, 3.63) is 29.3 Å². The average molecular weight is 264 g/mol. The van der Waals surface area contributed by atoms with Gasteiger partial charge in [0.1, 0.15) is 5.75 Å². The summed E-state index contributed by atoms with van der Waals surface area (Å²) in [7, 11) is 1.50. The molecule has 0 aliphatic rings. The first-order valence-corrected chi connectivity index (χ1v) is 6.30. The van der Waals surface area contributed by atoms with Gasteiger partial charge in [-0.15, -0.1) is 0 Å². The lowest BCUT2D eigenvalue weighted by Crippen LogP contribution is -2.16. The van der Waals surface area contributed by atoms with E-state index >= 15 is 0 Å². The molecule has 0 aliphatic carbocycles. The van der Waals surface area contributed by atoms with E-state index in [2.05, 4.69) is 0 Å². The minimum absolute atomic E-state index is 0.173. The number of carboxylic acids is 1. The van der Waals surface area contributed by atoms with Crippen LogP contribution in [0.25, 0.3) is 0 Å². The second-order valence-electron chi connectivity index (χ2n) is 4.98. The Labute approximate surface area is 113 Å². The molecule has 1 aromatic rings. The molecule has 1 aromatic carbocycles. The van der Waals surface area contributed by atoms with Crippen LogP contribution in [0.1, 0.15) is 49.0 Å². The summed E-state index contributed by atoms with van der Waals surface area (Å²) in [5.41, 5.74) is 1.49. The van der Waals surface area contributed by atoms with Crippen LogP contribution in [0.15, 0.2) is 18.2 Å². The van der Waals surface area contributed by atoms with Gasteiger partial charge >= 0.3 is 5.97 Å². The summed E-state index contributed by atoms with van der Waals surface area (Å²) >= 11 is 0. The summed E-state index contributed by atoms with van der Waals surface area (Å²) in [5, 5.41) is 8.77. The van der Waals surface area contributed by atoms with Crippen LogP contribution in [0.5, 0.6) is 5.75 Å². The third-order valence-electron chi connectivity index (χ3n) is 3.08. The summed E-state index contributed by atoms with van der Waals surface area (Å²) < 4.78 is 5.19. The molecule has 0 bridgehead atoms. The highest BCUT2D eigenvalue weighted by Gasteiger charge is 2.22. The molecule has 0 aliphatic heterocycles. The molecule has 104 valence electrons. The number of hydrogen-bond donors (Lipinski definition) is 1. The first-order valence-electron chi connectivity index (χ1n) is 6.30. The molecule has 0 saturated heterocycles. The third kappa shape index (κ3) is 3.81. The number of carbonyl (C=O) groups excluding carboxylic acids is 1. The van der Waals surface area contributed by atoms with Crippen LogP contribution in [-0.2, 0) is 4.79 Å². The van der Waals surface area contributed by atoms with Gasteiger partial charge in [0.25, 0.3) is 0 Å². The Kier molecular flexibility index (Phi) is 5.10. The fourth-order valence-electron chi connectivity index (χ4n) is 1.90. The SMILES string of the molecule is COc1ccc(C(C)C)cc1C(=O)C(C)CC(=O)O. The Morgan fingerprint density at radius 1 is 1.26 bits per heavy atom. The van der Waals surface area contributed by atoms with Crippen LogP contribution in [0.4, 0.5) is 0 Å². The summed E-state index contributed by atoms with van der Waals surface area (Å²) in [5.74, 6) is -0.936. The van der Waals surface area contributed by atoms with E-state index in [4.69, 9.17) is 9.84 Å². The van der Waals surface area contributed by atoms with E-state index in [9.17, 15) is 9.59 Å². The van der Waals surface area contributed by atoms with Gasteiger partial charge in [0.05, 0.1) is 19.1 Å². The van der Waals surface area contributed by atoms with Crippen molar-refractivity contribution in [1.82, 2.24) is 0 Å². The van der Waals surface area contributed by atoms with Crippen molar-refractivity contribution in [2.24, 2.45) is 5.92 Å². The van der Waals surface area contributed by atoms with E-state index in [1.54, 1.807) is 19.1 Å². The zero-order chi connectivity index (χ0) is 14.6. The van der Waals surface area contributed by atoms with Crippen molar-refractivity contribution >= 4 is 11.8 Å². The number of methoxy groups -OCH3 is 1.